The number of hydrogen-bond donors (Lipinski definition) is 4. The minimum Gasteiger partial charge on any atom is -0.490 e. The molecule has 628 valence electrons. The van der Waals surface area contributed by atoms with Gasteiger partial charge in [0.15, 0.2) is 17.0 Å². The number of aromatic carboxylic acids is 1. The number of nitrogen functional groups attached to an aromatic ring is 1. The number of esters is 1. The Labute approximate surface area is 697 Å². The van der Waals surface area contributed by atoms with Crippen LogP contribution in [0.2, 0.25) is 20.1 Å². The third-order valence-electron chi connectivity index (χ3n) is 15.7. The first kappa shape index (κ1) is 96.4. The number of nitrogens with one attached hydrogen (secondary N) is 1. The van der Waals surface area contributed by atoms with Gasteiger partial charge < -0.3 is 44.6 Å². The van der Waals surface area contributed by atoms with Crippen LogP contribution in [0.5, 0.6) is 11.5 Å². The van der Waals surface area contributed by atoms with Crippen LogP contribution in [-0.4, -0.2) is 118 Å². The summed E-state index contributed by atoms with van der Waals surface area (Å²) in [5, 5.41) is 72.1. The third-order valence-corrected chi connectivity index (χ3v) is 17.3. The summed E-state index contributed by atoms with van der Waals surface area (Å²) in [7, 11) is 0. The zero-order chi connectivity index (χ0) is 88.9. The molecule has 3 aliphatic rings. The number of carbonyl (C=O) groups excluding carboxylic acids is 8. The van der Waals surface area contributed by atoms with Crippen molar-refractivity contribution < 1.29 is 116 Å². The summed E-state index contributed by atoms with van der Waals surface area (Å²) < 4.78 is 27.0. The van der Waals surface area contributed by atoms with Crippen LogP contribution in [0.15, 0.2) is 155 Å². The number of aryl methyl sites for hydroxylation is 3. The largest absolute Gasteiger partial charge is 0.490 e. The van der Waals surface area contributed by atoms with Crippen LogP contribution in [0.3, 0.4) is 0 Å². The first-order valence-electron chi connectivity index (χ1n) is 34.6. The zero-order valence-corrected chi connectivity index (χ0v) is 67.0. The smallest absolute Gasteiger partial charge is 0.346 e. The van der Waals surface area contributed by atoms with Crippen LogP contribution in [0.25, 0.3) is 11.0 Å². The number of amides is 1. The molecule has 2 atom stereocenters. The molecule has 7 aromatic carbocycles. The molecule has 5 N–H and O–H groups in total. The molecular formula is C77H70Cl5N7O30. The average Bonchev–Trinajstić information content (AvgIpc) is 0.810. The number of nitro groups is 5. The molecule has 0 spiro atoms. The van der Waals surface area contributed by atoms with E-state index in [0.717, 1.165) is 90.0 Å². The van der Waals surface area contributed by atoms with Crippen molar-refractivity contribution in [3.05, 3.63) is 265 Å². The van der Waals surface area contributed by atoms with E-state index < -0.39 is 83.3 Å². The van der Waals surface area contributed by atoms with Gasteiger partial charge in [0, 0.05) is 116 Å². The summed E-state index contributed by atoms with van der Waals surface area (Å²) in [5.41, 5.74) is 7.84. The number of fused-ring (bicyclic) bond motifs is 3. The van der Waals surface area contributed by atoms with Crippen LogP contribution in [0, 0.1) is 50.6 Å². The van der Waals surface area contributed by atoms with E-state index in [0.29, 0.717) is 36.5 Å². The van der Waals surface area contributed by atoms with Gasteiger partial charge >= 0.3 is 23.9 Å². The molecule has 42 heteroatoms. The fourth-order valence-corrected chi connectivity index (χ4v) is 11.5. The van der Waals surface area contributed by atoms with E-state index >= 15 is 0 Å². The molecule has 11 rings (SSSR count). The van der Waals surface area contributed by atoms with Crippen molar-refractivity contribution in [1.82, 2.24) is 0 Å². The number of non-ortho nitro benzene ring substituents is 5. The molecule has 0 bridgehead atoms. The lowest BCUT2D eigenvalue weighted by Crippen LogP contribution is -2.34. The SMILES string of the molecule is CC(=O)CC(=O)CC(=O)c1cc([N+](=O)[O-])ccc1Cl.CC(=O)Nc1ccc2c(c1)CCC(CC(=O)O)O2.CC1(C)OC(=O)C=C(CC(=O)c2cc([N+](=O)[O-])ccc2Cl)O1.CCOOC(=O)CC1CCc2cc(N)ccc2O1.CCc1cc(=O)c2cc([N+](=O)[O-])ccc2o1.O=C(Cl)c1cc([N+](=O)[O-])ccc1Cl.O=C(O)c1cc([N+](=O)[O-])ccc1Cl. The van der Waals surface area contributed by atoms with Gasteiger partial charge in [-0.1, -0.05) is 53.3 Å². The van der Waals surface area contributed by atoms with E-state index in [4.69, 9.17) is 97.3 Å². The van der Waals surface area contributed by atoms with E-state index in [1.807, 2.05) is 25.1 Å². The van der Waals surface area contributed by atoms with Gasteiger partial charge in [-0.25, -0.2) is 14.4 Å². The number of Topliss-reactive ketones (excluding diaryl/α,β-unsaturated/α-hetero) is 4. The van der Waals surface area contributed by atoms with Crippen molar-refractivity contribution in [2.24, 2.45) is 0 Å². The summed E-state index contributed by atoms with van der Waals surface area (Å²) in [6.45, 7) is 9.73. The highest BCUT2D eigenvalue weighted by molar-refractivity contribution is 6.68. The van der Waals surface area contributed by atoms with Crippen molar-refractivity contribution in [3.8, 4) is 11.5 Å². The van der Waals surface area contributed by atoms with Crippen LogP contribution in [0.1, 0.15) is 145 Å². The van der Waals surface area contributed by atoms with Gasteiger partial charge in [-0.05, 0) is 129 Å². The summed E-state index contributed by atoms with van der Waals surface area (Å²) in [6.07, 6.45) is 3.47. The van der Waals surface area contributed by atoms with Gasteiger partial charge in [0.1, 0.15) is 52.4 Å². The van der Waals surface area contributed by atoms with Crippen LogP contribution < -0.4 is 26.0 Å². The standard InChI is InChI=1S/C14H12ClNO6.C13H15NO4.C13H17NO4.C12H10ClNO5.C11H9NO4.C7H3Cl2NO3.C7H4ClNO4/c1-14(2)21-9(7-13(18)22-14)6-12(17)10-5-8(16(19)20)3-4-11(10)15;1-8(15)14-10-3-5-12-9(6-10)2-4-11(18-12)7-13(16)17;1-2-16-18-13(15)8-11-5-3-9-7-10(14)4-6-12(9)17-11;1-7(15)4-9(16)6-12(17)10-5-8(14(18)19)2-3-11(10)13;1-2-8-6-10(13)9-5-7(12(14)15)3-4-11(9)16-8;8-6-2-1-4(10(12)13)3-5(6)7(9)11;8-6-2-1-4(9(12)13)3-5(6)7(10)11/h3-5,7H,6H2,1-2H3;3,5-6,11H,2,4,7H2,1H3,(H,14,15)(H,16,17);4,6-7,11H,2-3,5,8,14H2,1H3;2-3,5H,4,6H2,1H3;3-6H,2H2,1H3;1-3H;1-3H,(H,10,11). The van der Waals surface area contributed by atoms with E-state index in [2.05, 4.69) is 15.1 Å². The number of carbonyl (C=O) groups is 10. The number of nitrogens with two attached hydrogens (primary N) is 1. The maximum Gasteiger partial charge on any atom is 0.346 e. The van der Waals surface area contributed by atoms with Crippen LogP contribution in [-0.2, 0) is 67.3 Å². The highest BCUT2D eigenvalue weighted by Gasteiger charge is 2.32. The van der Waals surface area contributed by atoms with Gasteiger partial charge in [-0.15, -0.1) is 0 Å². The molecule has 0 saturated carbocycles. The van der Waals surface area contributed by atoms with Crippen molar-refractivity contribution in [1.29, 1.82) is 0 Å². The van der Waals surface area contributed by atoms with E-state index in [9.17, 15) is 103 Å². The number of nitrogens with zero attached hydrogens (tertiary/aromatic N) is 5. The highest BCUT2D eigenvalue weighted by atomic mass is 35.5. The molecule has 0 radical (unpaired) electrons. The third kappa shape index (κ3) is 31.4. The molecule has 1 amide bonds. The number of ketones is 4. The molecule has 1 aromatic heterocycles. The van der Waals surface area contributed by atoms with Gasteiger partial charge in [0.05, 0.1) is 106 Å². The summed E-state index contributed by atoms with van der Waals surface area (Å²) in [4.78, 5) is 182. The molecule has 3 aliphatic heterocycles. The van der Waals surface area contributed by atoms with Crippen molar-refractivity contribution in [2.75, 3.05) is 17.7 Å². The van der Waals surface area contributed by atoms with Crippen LogP contribution >= 0.6 is 58.0 Å². The maximum absolute atomic E-state index is 12.2. The summed E-state index contributed by atoms with van der Waals surface area (Å²) >= 11 is 27.9. The number of benzene rings is 7. The lowest BCUT2D eigenvalue weighted by molar-refractivity contribution is -0.385. The summed E-state index contributed by atoms with van der Waals surface area (Å²) in [5.74, 6) is -4.26. The number of carboxylic acid groups (broad SMARTS) is 2. The molecule has 2 unspecified atom stereocenters. The number of anilines is 2. The molecule has 0 aliphatic carbocycles. The monoisotopic (exact) mass is 1750 g/mol. The van der Waals surface area contributed by atoms with E-state index in [-0.39, 0.29) is 137 Å². The topological polar surface area (TPSA) is 550 Å². The van der Waals surface area contributed by atoms with Gasteiger partial charge in [-0.2, -0.15) is 4.89 Å². The summed E-state index contributed by atoms with van der Waals surface area (Å²) in [6, 6.07) is 30.0. The zero-order valence-electron chi connectivity index (χ0n) is 63.2. The number of rotatable bonds is 23. The van der Waals surface area contributed by atoms with Crippen molar-refractivity contribution >= 4 is 167 Å². The lowest BCUT2D eigenvalue weighted by atomic mass is 10.00. The average molecular weight is 1750 g/mol. The molecule has 0 saturated heterocycles. The number of allylic oxidation sites excluding steroid dienone is 1. The normalized spacial score (nSPS) is 13.5. The van der Waals surface area contributed by atoms with Gasteiger partial charge in [0.25, 0.3) is 33.7 Å². The molecule has 0 fully saturated rings. The second kappa shape index (κ2) is 45.3. The van der Waals surface area contributed by atoms with E-state index in [1.165, 1.54) is 88.4 Å². The molecule has 37 nitrogen and oxygen atoms in total. The molecule has 4 heterocycles. The predicted molar refractivity (Wildman–Crippen MR) is 427 cm³/mol. The number of ether oxygens (including phenoxy) is 4. The van der Waals surface area contributed by atoms with Gasteiger partial charge in [-0.3, -0.25) is 93.8 Å². The van der Waals surface area contributed by atoms with Gasteiger partial charge in [0.2, 0.25) is 11.7 Å². The Kier molecular flexibility index (Phi) is 36.7. The van der Waals surface area contributed by atoms with Crippen LogP contribution in [0.4, 0.5) is 39.8 Å². The Hall–Kier alpha value is -13.2. The molecular weight excluding hydrogens is 1680 g/mol. The first-order chi connectivity index (χ1) is 55.9. The number of aliphatic carboxylic acids is 1. The van der Waals surface area contributed by atoms with Crippen molar-refractivity contribution in [2.45, 2.75) is 124 Å². The Morgan fingerprint density at radius 3 is 1.50 bits per heavy atom. The Morgan fingerprint density at radius 2 is 1.03 bits per heavy atom. The second-order valence-corrected chi connectivity index (χ2v) is 27.3. The maximum atomic E-state index is 12.2. The Bertz CT molecular complexity index is 5290. The minimum atomic E-state index is -1.28. The second-order valence-electron chi connectivity index (χ2n) is 25.4. The quantitative estimate of drug-likeness (QED) is 0.00675. The molecule has 119 heavy (non-hydrogen) atoms. The number of cyclic esters (lactones) is 1. The Morgan fingerprint density at radius 1 is 0.571 bits per heavy atom. The Balaban J connectivity index is 0.000000249. The van der Waals surface area contributed by atoms with Crippen molar-refractivity contribution in [3.63, 3.8) is 0 Å². The predicted octanol–water partition coefficient (Wildman–Crippen LogP) is 15.9. The highest BCUT2D eigenvalue weighted by Crippen LogP contribution is 2.35. The van der Waals surface area contributed by atoms with E-state index in [1.54, 1.807) is 25.1 Å². The molecule has 8 aromatic rings. The fraction of sp³-hybridized carbons (Fsp3) is 0.260. The first-order valence-corrected chi connectivity index (χ1v) is 36.5. The number of halogens is 5. The number of hydrogen-bond acceptors (Lipinski definition) is 29. The fourth-order valence-electron chi connectivity index (χ4n) is 10.5. The number of carboxylic acids is 2. The number of nitro benzene ring substituents is 5. The minimum absolute atomic E-state index is 0.00267. The lowest BCUT2D eigenvalue weighted by Gasteiger charge is -2.30.